The lowest BCUT2D eigenvalue weighted by Gasteiger charge is -1.98. The van der Waals surface area contributed by atoms with Crippen LogP contribution in [0.25, 0.3) is 6.08 Å². The van der Waals surface area contributed by atoms with E-state index in [2.05, 4.69) is 0 Å². The Morgan fingerprint density at radius 3 is 3.00 bits per heavy atom. The van der Waals surface area contributed by atoms with Crippen molar-refractivity contribution in [1.29, 1.82) is 5.26 Å². The van der Waals surface area contributed by atoms with Crippen LogP contribution in [0.4, 0.5) is 0 Å². The van der Waals surface area contributed by atoms with Gasteiger partial charge in [-0.1, -0.05) is 0 Å². The molecule has 0 unspecified atom stereocenters. The fraction of sp³-hybridized carbons (Fsp3) is 0.250. The number of aryl methyl sites for hydroxylation is 1. The van der Waals surface area contributed by atoms with Crippen LogP contribution in [0.3, 0.4) is 0 Å². The van der Waals surface area contributed by atoms with E-state index in [0.29, 0.717) is 0 Å². The summed E-state index contributed by atoms with van der Waals surface area (Å²) in [6.07, 6.45) is 5.20. The van der Waals surface area contributed by atoms with Crippen LogP contribution in [-0.4, -0.2) is 12.6 Å². The zero-order valence-electron chi connectivity index (χ0n) is 9.30. The minimum Gasteiger partial charge on any atom is -0.462 e. The minimum absolute atomic E-state index is 0.00745. The summed E-state index contributed by atoms with van der Waals surface area (Å²) in [5.41, 5.74) is 0.794. The molecule has 0 saturated carbocycles. The van der Waals surface area contributed by atoms with Gasteiger partial charge in [0, 0.05) is 11.6 Å². The molecule has 1 aromatic rings. The van der Waals surface area contributed by atoms with E-state index in [0.717, 1.165) is 5.56 Å². The zero-order valence-corrected chi connectivity index (χ0v) is 9.30. The fourth-order valence-corrected chi connectivity index (χ4v) is 1.21. The molecule has 4 heteroatoms. The third-order valence-corrected chi connectivity index (χ3v) is 1.89. The van der Waals surface area contributed by atoms with Crippen molar-refractivity contribution < 1.29 is 14.1 Å². The average Bonchev–Trinajstić information content (AvgIpc) is 2.26. The van der Waals surface area contributed by atoms with Crippen molar-refractivity contribution in [1.82, 2.24) is 0 Å². The molecule has 0 amide bonds. The van der Waals surface area contributed by atoms with Gasteiger partial charge in [-0.25, -0.2) is 9.36 Å². The Kier molecular flexibility index (Phi) is 4.22. The molecule has 0 aliphatic carbocycles. The molecule has 0 bridgehead atoms. The molecule has 4 nitrogen and oxygen atoms in total. The van der Waals surface area contributed by atoms with Gasteiger partial charge in [-0.2, -0.15) is 5.26 Å². The number of carbonyl (C=O) groups is 1. The molecule has 82 valence electrons. The Morgan fingerprint density at radius 1 is 1.69 bits per heavy atom. The molecule has 1 aromatic heterocycles. The van der Waals surface area contributed by atoms with Crippen molar-refractivity contribution in [2.24, 2.45) is 7.05 Å². The molecule has 0 aromatic carbocycles. The number of pyridine rings is 1. The Bertz CT molecular complexity index is 458. The summed E-state index contributed by atoms with van der Waals surface area (Å²) in [5.74, 6) is -0.587. The second-order valence-corrected chi connectivity index (χ2v) is 3.19. The van der Waals surface area contributed by atoms with Crippen molar-refractivity contribution in [3.05, 3.63) is 35.7 Å². The molecule has 0 radical (unpaired) electrons. The predicted octanol–water partition coefficient (Wildman–Crippen LogP) is 0.981. The SMILES string of the molecule is CCOC(=O)C(C#N)=Cc1ccc[n+](C)c1. The van der Waals surface area contributed by atoms with Crippen molar-refractivity contribution in [2.75, 3.05) is 6.61 Å². The number of rotatable bonds is 3. The summed E-state index contributed by atoms with van der Waals surface area (Å²) >= 11 is 0. The molecule has 1 heterocycles. The normalized spacial score (nSPS) is 10.7. The monoisotopic (exact) mass is 217 g/mol. The first-order valence-electron chi connectivity index (χ1n) is 4.91. The van der Waals surface area contributed by atoms with Gasteiger partial charge in [-0.15, -0.1) is 0 Å². The highest BCUT2D eigenvalue weighted by Gasteiger charge is 2.10. The van der Waals surface area contributed by atoms with Crippen molar-refractivity contribution >= 4 is 12.0 Å². The average molecular weight is 217 g/mol. The molecular weight excluding hydrogens is 204 g/mol. The van der Waals surface area contributed by atoms with Crippen LogP contribution in [0.1, 0.15) is 12.5 Å². The van der Waals surface area contributed by atoms with Gasteiger partial charge in [0.15, 0.2) is 12.4 Å². The quantitative estimate of drug-likeness (QED) is 0.328. The number of hydrogen-bond acceptors (Lipinski definition) is 3. The van der Waals surface area contributed by atoms with E-state index >= 15 is 0 Å². The molecule has 0 N–H and O–H groups in total. The number of aromatic nitrogens is 1. The predicted molar refractivity (Wildman–Crippen MR) is 57.8 cm³/mol. The number of esters is 1. The topological polar surface area (TPSA) is 54.0 Å². The number of carbonyl (C=O) groups excluding carboxylic acids is 1. The highest BCUT2D eigenvalue weighted by molar-refractivity contribution is 5.97. The maximum Gasteiger partial charge on any atom is 0.348 e. The van der Waals surface area contributed by atoms with Gasteiger partial charge in [0.05, 0.1) is 6.61 Å². The lowest BCUT2D eigenvalue weighted by atomic mass is 10.2. The third kappa shape index (κ3) is 3.21. The second-order valence-electron chi connectivity index (χ2n) is 3.19. The van der Waals surface area contributed by atoms with Crippen LogP contribution < -0.4 is 4.57 Å². The maximum absolute atomic E-state index is 11.3. The van der Waals surface area contributed by atoms with Crippen LogP contribution in [0.5, 0.6) is 0 Å². The summed E-state index contributed by atoms with van der Waals surface area (Å²) < 4.78 is 6.60. The standard InChI is InChI=1S/C12H13N2O2/c1-3-16-12(15)11(8-13)7-10-5-4-6-14(2)9-10/h4-7,9H,3H2,1-2H3/q+1. The van der Waals surface area contributed by atoms with E-state index in [1.54, 1.807) is 6.92 Å². The van der Waals surface area contributed by atoms with Crippen molar-refractivity contribution in [2.45, 2.75) is 6.92 Å². The van der Waals surface area contributed by atoms with Crippen LogP contribution in [0, 0.1) is 11.3 Å². The molecule has 1 rings (SSSR count). The van der Waals surface area contributed by atoms with E-state index in [-0.39, 0.29) is 12.2 Å². The summed E-state index contributed by atoms with van der Waals surface area (Å²) in [6.45, 7) is 1.97. The summed E-state index contributed by atoms with van der Waals surface area (Å²) in [6, 6.07) is 5.49. The van der Waals surface area contributed by atoms with E-state index < -0.39 is 5.97 Å². The number of hydrogen-bond donors (Lipinski definition) is 0. The summed E-state index contributed by atoms with van der Waals surface area (Å²) in [5, 5.41) is 8.83. The summed E-state index contributed by atoms with van der Waals surface area (Å²) in [7, 11) is 1.87. The molecular formula is C12H13N2O2+. The first-order chi connectivity index (χ1) is 7.67. The molecule has 16 heavy (non-hydrogen) atoms. The largest absolute Gasteiger partial charge is 0.462 e. The first-order valence-corrected chi connectivity index (χ1v) is 4.91. The number of nitrogens with zero attached hydrogens (tertiary/aromatic N) is 2. The third-order valence-electron chi connectivity index (χ3n) is 1.89. The Morgan fingerprint density at radius 2 is 2.44 bits per heavy atom. The minimum atomic E-state index is -0.587. The van der Waals surface area contributed by atoms with Crippen LogP contribution in [0.2, 0.25) is 0 Å². The molecule has 0 saturated heterocycles. The van der Waals surface area contributed by atoms with Gasteiger partial charge in [0.1, 0.15) is 18.7 Å². The Hall–Kier alpha value is -2.15. The Labute approximate surface area is 94.4 Å². The maximum atomic E-state index is 11.3. The van der Waals surface area contributed by atoms with Gasteiger partial charge in [-0.3, -0.25) is 0 Å². The Balaban J connectivity index is 2.97. The van der Waals surface area contributed by atoms with Crippen molar-refractivity contribution in [3.63, 3.8) is 0 Å². The van der Waals surface area contributed by atoms with E-state index in [4.69, 9.17) is 10.00 Å². The lowest BCUT2D eigenvalue weighted by molar-refractivity contribution is -0.671. The fourth-order valence-electron chi connectivity index (χ4n) is 1.21. The highest BCUT2D eigenvalue weighted by atomic mass is 16.5. The molecule has 0 aliphatic heterocycles. The van der Waals surface area contributed by atoms with E-state index in [1.165, 1.54) is 6.08 Å². The van der Waals surface area contributed by atoms with Crippen molar-refractivity contribution in [3.8, 4) is 6.07 Å². The first kappa shape index (κ1) is 11.9. The smallest absolute Gasteiger partial charge is 0.348 e. The molecule has 0 spiro atoms. The van der Waals surface area contributed by atoms with Crippen LogP contribution >= 0.6 is 0 Å². The number of nitriles is 1. The lowest BCUT2D eigenvalue weighted by Crippen LogP contribution is -2.26. The van der Waals surface area contributed by atoms with E-state index in [1.807, 2.05) is 42.2 Å². The van der Waals surface area contributed by atoms with Crippen LogP contribution in [-0.2, 0) is 16.6 Å². The van der Waals surface area contributed by atoms with Crippen LogP contribution in [0.15, 0.2) is 30.1 Å². The van der Waals surface area contributed by atoms with Gasteiger partial charge in [0.2, 0.25) is 0 Å². The zero-order chi connectivity index (χ0) is 12.0. The van der Waals surface area contributed by atoms with Gasteiger partial charge in [-0.05, 0) is 19.1 Å². The summed E-state index contributed by atoms with van der Waals surface area (Å²) in [4.78, 5) is 11.3. The van der Waals surface area contributed by atoms with Gasteiger partial charge >= 0.3 is 5.97 Å². The molecule has 0 atom stereocenters. The van der Waals surface area contributed by atoms with Gasteiger partial charge < -0.3 is 4.74 Å². The van der Waals surface area contributed by atoms with Gasteiger partial charge in [0.25, 0.3) is 0 Å². The molecule has 0 aliphatic rings. The van der Waals surface area contributed by atoms with E-state index in [9.17, 15) is 4.79 Å². The highest BCUT2D eigenvalue weighted by Crippen LogP contribution is 2.05. The second kappa shape index (κ2) is 5.66. The molecule has 0 fully saturated rings. The number of ether oxygens (including phenoxy) is 1.